The first-order chi connectivity index (χ1) is 15.0. The largest absolute Gasteiger partial charge is 0.458 e. The summed E-state index contributed by atoms with van der Waals surface area (Å²) in [6.45, 7) is 11.2. The van der Waals surface area contributed by atoms with Gasteiger partial charge in [0.15, 0.2) is 0 Å². The zero-order valence-electron chi connectivity index (χ0n) is 19.7. The Morgan fingerprint density at radius 3 is 2.41 bits per heavy atom. The Kier molecular flexibility index (Phi) is 8.57. The summed E-state index contributed by atoms with van der Waals surface area (Å²) < 4.78 is 12.2. The fourth-order valence-corrected chi connectivity index (χ4v) is 3.40. The molecule has 1 aromatic heterocycles. The van der Waals surface area contributed by atoms with Crippen LogP contribution in [0.15, 0.2) is 35.1 Å². The van der Waals surface area contributed by atoms with Crippen LogP contribution in [0.3, 0.4) is 0 Å². The molecule has 1 aromatic carbocycles. The summed E-state index contributed by atoms with van der Waals surface area (Å²) in [5, 5.41) is 2.59. The fraction of sp³-hybridized carbons (Fsp3) is 0.500. The lowest BCUT2D eigenvalue weighted by molar-refractivity contribution is -0.157. The van der Waals surface area contributed by atoms with E-state index in [0.717, 1.165) is 23.2 Å². The second kappa shape index (κ2) is 10.9. The van der Waals surface area contributed by atoms with Gasteiger partial charge in [-0.1, -0.05) is 37.3 Å². The quantitative estimate of drug-likeness (QED) is 0.628. The highest BCUT2D eigenvalue weighted by Crippen LogP contribution is 2.13. The number of nitrogens with one attached hydrogen (secondary N) is 1. The molecule has 8 heteroatoms. The number of hydrogen-bond acceptors (Lipinski definition) is 6. The number of amides is 1. The molecule has 1 amide bonds. The van der Waals surface area contributed by atoms with Crippen LogP contribution < -0.4 is 11.0 Å². The number of alkyl carbamates (subject to hydrolysis) is 1. The van der Waals surface area contributed by atoms with E-state index < -0.39 is 23.7 Å². The Bertz CT molecular complexity index is 993. The second-order valence-electron chi connectivity index (χ2n) is 8.63. The summed E-state index contributed by atoms with van der Waals surface area (Å²) in [5.74, 6) is -0.587. The predicted molar refractivity (Wildman–Crippen MR) is 121 cm³/mol. The molecule has 1 heterocycles. The molecule has 0 unspecified atom stereocenters. The van der Waals surface area contributed by atoms with Crippen LogP contribution in [0.2, 0.25) is 0 Å². The van der Waals surface area contributed by atoms with Gasteiger partial charge in [-0.15, -0.1) is 0 Å². The lowest BCUT2D eigenvalue weighted by atomic mass is 10.1. The molecule has 32 heavy (non-hydrogen) atoms. The van der Waals surface area contributed by atoms with Crippen LogP contribution in [-0.4, -0.2) is 33.3 Å². The number of aromatic nitrogens is 2. The fourth-order valence-electron chi connectivity index (χ4n) is 3.40. The van der Waals surface area contributed by atoms with Crippen molar-refractivity contribution in [3.05, 3.63) is 63.3 Å². The van der Waals surface area contributed by atoms with Gasteiger partial charge in [0.2, 0.25) is 0 Å². The summed E-state index contributed by atoms with van der Waals surface area (Å²) in [4.78, 5) is 41.6. The number of hydrogen-bond donors (Lipinski definition) is 1. The van der Waals surface area contributed by atoms with Crippen LogP contribution in [-0.2, 0) is 33.8 Å². The van der Waals surface area contributed by atoms with Gasteiger partial charge in [0.1, 0.15) is 18.2 Å². The van der Waals surface area contributed by atoms with Crippen LogP contribution in [0.1, 0.15) is 56.6 Å². The molecule has 0 aliphatic heterocycles. The number of esters is 1. The maximum atomic E-state index is 12.7. The van der Waals surface area contributed by atoms with E-state index in [1.807, 2.05) is 51.1 Å². The number of carbonyl (C=O) groups excluding carboxylic acids is 2. The van der Waals surface area contributed by atoms with Crippen molar-refractivity contribution in [3.63, 3.8) is 0 Å². The van der Waals surface area contributed by atoms with Crippen LogP contribution in [0.25, 0.3) is 0 Å². The van der Waals surface area contributed by atoms with Gasteiger partial charge in [-0.05, 0) is 58.6 Å². The molecule has 1 N–H and O–H groups in total. The normalized spacial score (nSPS) is 12.2. The highest BCUT2D eigenvalue weighted by molar-refractivity contribution is 5.81. The summed E-state index contributed by atoms with van der Waals surface area (Å²) in [6, 6.07) is 8.26. The van der Waals surface area contributed by atoms with Crippen molar-refractivity contribution in [2.24, 2.45) is 0 Å². The summed E-state index contributed by atoms with van der Waals surface area (Å²) in [5.41, 5.74) is 2.23. The van der Waals surface area contributed by atoms with E-state index in [1.165, 1.54) is 4.57 Å². The van der Waals surface area contributed by atoms with Crippen molar-refractivity contribution in [1.82, 2.24) is 14.9 Å². The van der Waals surface area contributed by atoms with Gasteiger partial charge in [-0.25, -0.2) is 14.4 Å². The molecule has 0 radical (unpaired) electrons. The Balaban J connectivity index is 2.14. The molecular formula is C24H33N3O5. The van der Waals surface area contributed by atoms with E-state index >= 15 is 0 Å². The molecular weight excluding hydrogens is 410 g/mol. The van der Waals surface area contributed by atoms with Crippen LogP contribution in [0.4, 0.5) is 4.79 Å². The Morgan fingerprint density at radius 2 is 1.81 bits per heavy atom. The average molecular weight is 444 g/mol. The van der Waals surface area contributed by atoms with Crippen molar-refractivity contribution < 1.29 is 19.1 Å². The number of ether oxygens (including phenoxy) is 2. The maximum Gasteiger partial charge on any atom is 0.408 e. The van der Waals surface area contributed by atoms with Crippen molar-refractivity contribution in [3.8, 4) is 0 Å². The molecule has 0 aliphatic rings. The molecule has 1 atom stereocenters. The van der Waals surface area contributed by atoms with E-state index in [-0.39, 0.29) is 25.3 Å². The lowest BCUT2D eigenvalue weighted by Gasteiger charge is -2.25. The average Bonchev–Trinajstić information content (AvgIpc) is 2.70. The van der Waals surface area contributed by atoms with Crippen molar-refractivity contribution >= 4 is 12.1 Å². The standard InChI is InChI=1S/C24H33N3O5/c1-7-19-16(2)25-22(29)27(17(19)3)14-13-20(21(28)32-24(4,5)6)26-23(30)31-15-18-11-9-8-10-12-18/h8-12,20H,7,13-15H2,1-6H3,(H,26,30)/t20-/m0/s1. The number of aryl methyl sites for hydroxylation is 1. The van der Waals surface area contributed by atoms with Crippen molar-refractivity contribution in [1.29, 1.82) is 0 Å². The topological polar surface area (TPSA) is 99.5 Å². The SMILES string of the molecule is CCc1c(C)nc(=O)n(CC[C@H](NC(=O)OCc2ccccc2)C(=O)OC(C)(C)C)c1C. The summed E-state index contributed by atoms with van der Waals surface area (Å²) in [7, 11) is 0. The van der Waals surface area contributed by atoms with E-state index in [9.17, 15) is 14.4 Å². The van der Waals surface area contributed by atoms with Crippen LogP contribution >= 0.6 is 0 Å². The molecule has 8 nitrogen and oxygen atoms in total. The van der Waals surface area contributed by atoms with Gasteiger partial charge in [-0.2, -0.15) is 4.98 Å². The molecule has 0 saturated heterocycles. The molecule has 0 aliphatic carbocycles. The summed E-state index contributed by atoms with van der Waals surface area (Å²) in [6.07, 6.45) is 0.166. The van der Waals surface area contributed by atoms with E-state index in [4.69, 9.17) is 9.47 Å². The highest BCUT2D eigenvalue weighted by Gasteiger charge is 2.27. The maximum absolute atomic E-state index is 12.7. The molecule has 174 valence electrons. The third-order valence-electron chi connectivity index (χ3n) is 4.96. The summed E-state index contributed by atoms with van der Waals surface area (Å²) >= 11 is 0. The molecule has 0 spiro atoms. The van der Waals surface area contributed by atoms with Crippen LogP contribution in [0.5, 0.6) is 0 Å². The number of carbonyl (C=O) groups is 2. The van der Waals surface area contributed by atoms with Gasteiger partial charge in [0, 0.05) is 17.9 Å². The second-order valence-corrected chi connectivity index (χ2v) is 8.63. The Morgan fingerprint density at radius 1 is 1.16 bits per heavy atom. The highest BCUT2D eigenvalue weighted by atomic mass is 16.6. The minimum atomic E-state index is -0.977. The molecule has 2 rings (SSSR count). The zero-order valence-corrected chi connectivity index (χ0v) is 19.7. The number of rotatable bonds is 8. The first-order valence-electron chi connectivity index (χ1n) is 10.8. The van der Waals surface area contributed by atoms with Gasteiger partial charge >= 0.3 is 17.8 Å². The number of nitrogens with zero attached hydrogens (tertiary/aromatic N) is 2. The van der Waals surface area contributed by atoms with Gasteiger partial charge in [0.25, 0.3) is 0 Å². The molecule has 0 fully saturated rings. The smallest absolute Gasteiger partial charge is 0.408 e. The third-order valence-corrected chi connectivity index (χ3v) is 4.96. The van der Waals surface area contributed by atoms with E-state index in [1.54, 1.807) is 20.8 Å². The van der Waals surface area contributed by atoms with Gasteiger partial charge in [0.05, 0.1) is 0 Å². The van der Waals surface area contributed by atoms with Crippen molar-refractivity contribution in [2.75, 3.05) is 0 Å². The monoisotopic (exact) mass is 443 g/mol. The minimum absolute atomic E-state index is 0.0774. The number of benzene rings is 1. The first kappa shape index (κ1) is 25.1. The zero-order chi connectivity index (χ0) is 23.9. The van der Waals surface area contributed by atoms with Crippen molar-refractivity contribution in [2.45, 2.75) is 79.2 Å². The first-order valence-corrected chi connectivity index (χ1v) is 10.8. The molecule has 0 bridgehead atoms. The van der Waals surface area contributed by atoms with Gasteiger partial charge < -0.3 is 14.8 Å². The predicted octanol–water partition coefficient (Wildman–Crippen LogP) is 3.45. The van der Waals surface area contributed by atoms with Gasteiger partial charge in [-0.3, -0.25) is 4.57 Å². The van der Waals surface area contributed by atoms with Crippen LogP contribution in [0, 0.1) is 13.8 Å². The molecule has 2 aromatic rings. The molecule has 0 saturated carbocycles. The van der Waals surface area contributed by atoms with E-state index in [0.29, 0.717) is 5.69 Å². The lowest BCUT2D eigenvalue weighted by Crippen LogP contribution is -2.45. The Labute approximate surface area is 189 Å². The van der Waals surface area contributed by atoms with E-state index in [2.05, 4.69) is 10.3 Å². The third kappa shape index (κ3) is 7.21. The Hall–Kier alpha value is -3.16. The minimum Gasteiger partial charge on any atom is -0.458 e.